The first-order valence-corrected chi connectivity index (χ1v) is 3.53. The maximum atomic E-state index is 10.6. The molecule has 0 saturated carbocycles. The Labute approximate surface area is 73.9 Å². The van der Waals surface area contributed by atoms with Gasteiger partial charge in [0.25, 0.3) is 0 Å². The molecule has 0 aliphatic rings. The van der Waals surface area contributed by atoms with Crippen molar-refractivity contribution in [1.82, 2.24) is 0 Å². The van der Waals surface area contributed by atoms with E-state index < -0.39 is 5.97 Å². The van der Waals surface area contributed by atoms with Gasteiger partial charge in [-0.1, -0.05) is 17.7 Å². The number of carboxylic acid groups (broad SMARTS) is 1. The second-order valence-electron chi connectivity index (χ2n) is 2.11. The van der Waals surface area contributed by atoms with Gasteiger partial charge >= 0.3 is 5.97 Å². The van der Waals surface area contributed by atoms with Crippen LogP contribution in [0.3, 0.4) is 0 Å². The second kappa shape index (κ2) is 3.42. The number of carboxylic acids is 1. The van der Waals surface area contributed by atoms with Crippen molar-refractivity contribution in [2.45, 2.75) is 0 Å². The van der Waals surface area contributed by atoms with Gasteiger partial charge in [-0.25, -0.2) is 4.79 Å². The highest BCUT2D eigenvalue weighted by Crippen LogP contribution is 2.24. The normalized spacial score (nSPS) is 9.50. The molecule has 0 saturated heterocycles. The van der Waals surface area contributed by atoms with Crippen LogP contribution >= 0.6 is 11.6 Å². The summed E-state index contributed by atoms with van der Waals surface area (Å²) in [4.78, 5) is 10.6. The highest BCUT2D eigenvalue weighted by molar-refractivity contribution is 6.34. The van der Waals surface area contributed by atoms with E-state index in [-0.39, 0.29) is 16.3 Å². The summed E-state index contributed by atoms with van der Waals surface area (Å²) in [6, 6.07) is 4.53. The molecule has 0 amide bonds. The van der Waals surface area contributed by atoms with E-state index in [1.165, 1.54) is 6.07 Å². The van der Waals surface area contributed by atoms with Crippen molar-refractivity contribution in [2.24, 2.45) is 5.84 Å². The third kappa shape index (κ3) is 1.49. The minimum absolute atomic E-state index is 0.0602. The van der Waals surface area contributed by atoms with Crippen LogP contribution in [0.25, 0.3) is 0 Å². The van der Waals surface area contributed by atoms with E-state index in [4.69, 9.17) is 22.6 Å². The molecular weight excluding hydrogens is 180 g/mol. The minimum atomic E-state index is -1.06. The summed E-state index contributed by atoms with van der Waals surface area (Å²) in [6.07, 6.45) is 0. The number of halogens is 1. The average molecular weight is 187 g/mol. The predicted molar refractivity (Wildman–Crippen MR) is 46.2 cm³/mol. The number of benzene rings is 1. The summed E-state index contributed by atoms with van der Waals surface area (Å²) in [5.41, 5.74) is 2.52. The number of hydrogen-bond acceptors (Lipinski definition) is 3. The number of anilines is 1. The van der Waals surface area contributed by atoms with Gasteiger partial charge in [0.15, 0.2) is 0 Å². The summed E-state index contributed by atoms with van der Waals surface area (Å²) in [7, 11) is 0. The molecule has 1 rings (SSSR count). The van der Waals surface area contributed by atoms with E-state index in [2.05, 4.69) is 5.43 Å². The van der Waals surface area contributed by atoms with Crippen LogP contribution in [0.15, 0.2) is 18.2 Å². The van der Waals surface area contributed by atoms with Gasteiger partial charge < -0.3 is 10.5 Å². The van der Waals surface area contributed by atoms with Gasteiger partial charge in [0.05, 0.1) is 16.3 Å². The first kappa shape index (κ1) is 8.83. The molecule has 1 aromatic carbocycles. The molecule has 5 heteroatoms. The van der Waals surface area contributed by atoms with E-state index >= 15 is 0 Å². The fourth-order valence-corrected chi connectivity index (χ4v) is 1.08. The molecule has 0 aliphatic carbocycles. The number of nitrogens with one attached hydrogen (secondary N) is 1. The third-order valence-electron chi connectivity index (χ3n) is 1.39. The Balaban J connectivity index is 3.27. The molecule has 0 aliphatic heterocycles. The lowest BCUT2D eigenvalue weighted by Gasteiger charge is -2.05. The lowest BCUT2D eigenvalue weighted by atomic mass is 10.2. The van der Waals surface area contributed by atoms with Crippen molar-refractivity contribution in [2.75, 3.05) is 5.43 Å². The first-order chi connectivity index (χ1) is 5.66. The third-order valence-corrected chi connectivity index (χ3v) is 1.70. The van der Waals surface area contributed by atoms with E-state index in [9.17, 15) is 4.79 Å². The zero-order chi connectivity index (χ0) is 9.14. The maximum Gasteiger partial charge on any atom is 0.337 e. The molecule has 64 valence electrons. The molecule has 12 heavy (non-hydrogen) atoms. The topological polar surface area (TPSA) is 75.3 Å². The van der Waals surface area contributed by atoms with Gasteiger partial charge in [-0.05, 0) is 12.1 Å². The SMILES string of the molecule is NNc1c(Cl)cccc1C(=O)O. The van der Waals surface area contributed by atoms with Gasteiger partial charge in [-0.2, -0.15) is 0 Å². The fraction of sp³-hybridized carbons (Fsp3) is 0. The maximum absolute atomic E-state index is 10.6. The molecule has 4 N–H and O–H groups in total. The molecule has 0 heterocycles. The molecule has 4 nitrogen and oxygen atoms in total. The van der Waals surface area contributed by atoms with Crippen LogP contribution in [-0.2, 0) is 0 Å². The molecule has 0 fully saturated rings. The van der Waals surface area contributed by atoms with Crippen LogP contribution < -0.4 is 11.3 Å². The standard InChI is InChI=1S/C7H7ClN2O2/c8-5-3-1-2-4(7(11)12)6(5)10-9/h1-3,10H,9H2,(H,11,12). The Morgan fingerprint density at radius 3 is 2.67 bits per heavy atom. The van der Waals surface area contributed by atoms with Crippen molar-refractivity contribution in [3.05, 3.63) is 28.8 Å². The highest BCUT2D eigenvalue weighted by atomic mass is 35.5. The summed E-state index contributed by atoms with van der Waals surface area (Å²) < 4.78 is 0. The predicted octanol–water partition coefficient (Wildman–Crippen LogP) is 1.32. The van der Waals surface area contributed by atoms with E-state index in [1.807, 2.05) is 0 Å². The quantitative estimate of drug-likeness (QED) is 0.481. The number of nitrogens with two attached hydrogens (primary N) is 1. The van der Waals surface area contributed by atoms with Crippen molar-refractivity contribution in [1.29, 1.82) is 0 Å². The Kier molecular flexibility index (Phi) is 2.52. The van der Waals surface area contributed by atoms with Gasteiger partial charge in [0.1, 0.15) is 0 Å². The summed E-state index contributed by atoms with van der Waals surface area (Å²) in [5, 5.41) is 8.96. The molecule has 1 aromatic rings. The molecule has 0 aromatic heterocycles. The number of hydrogen-bond donors (Lipinski definition) is 3. The summed E-state index contributed by atoms with van der Waals surface area (Å²) in [5.74, 6) is 4.03. The van der Waals surface area contributed by atoms with Crippen molar-refractivity contribution in [3.63, 3.8) is 0 Å². The van der Waals surface area contributed by atoms with E-state index in [0.717, 1.165) is 0 Å². The van der Waals surface area contributed by atoms with Crippen molar-refractivity contribution in [3.8, 4) is 0 Å². The Bertz CT molecular complexity index is 314. The lowest BCUT2D eigenvalue weighted by molar-refractivity contribution is 0.0698. The van der Waals surface area contributed by atoms with Gasteiger partial charge in [-0.15, -0.1) is 0 Å². The van der Waals surface area contributed by atoms with Crippen LogP contribution in [0.5, 0.6) is 0 Å². The number of carbonyl (C=O) groups is 1. The number of rotatable bonds is 2. The van der Waals surface area contributed by atoms with Crippen LogP contribution in [0.4, 0.5) is 5.69 Å². The average Bonchev–Trinajstić information content (AvgIpc) is 2.03. The van der Waals surface area contributed by atoms with Gasteiger partial charge in [-0.3, -0.25) is 5.84 Å². The molecule has 0 bridgehead atoms. The van der Waals surface area contributed by atoms with Crippen LogP contribution in [0.2, 0.25) is 5.02 Å². The van der Waals surface area contributed by atoms with Crippen LogP contribution in [0.1, 0.15) is 10.4 Å². The fourth-order valence-electron chi connectivity index (χ4n) is 0.849. The molecule has 0 radical (unpaired) electrons. The molecule has 0 spiro atoms. The van der Waals surface area contributed by atoms with Crippen molar-refractivity contribution < 1.29 is 9.90 Å². The molecule has 0 atom stereocenters. The van der Waals surface area contributed by atoms with Gasteiger partial charge in [0, 0.05) is 0 Å². The number of para-hydroxylation sites is 1. The largest absolute Gasteiger partial charge is 0.478 e. The Morgan fingerprint density at radius 2 is 2.25 bits per heavy atom. The summed E-state index contributed by atoms with van der Waals surface area (Å²) in [6.45, 7) is 0. The molecular formula is C7H7ClN2O2. The van der Waals surface area contributed by atoms with Crippen LogP contribution in [-0.4, -0.2) is 11.1 Å². The Hall–Kier alpha value is -1.26. The smallest absolute Gasteiger partial charge is 0.337 e. The monoisotopic (exact) mass is 186 g/mol. The molecule has 0 unspecified atom stereocenters. The van der Waals surface area contributed by atoms with E-state index in [1.54, 1.807) is 12.1 Å². The minimum Gasteiger partial charge on any atom is -0.478 e. The lowest BCUT2D eigenvalue weighted by Crippen LogP contribution is -2.12. The zero-order valence-corrected chi connectivity index (χ0v) is 6.80. The van der Waals surface area contributed by atoms with Crippen molar-refractivity contribution >= 4 is 23.3 Å². The Morgan fingerprint density at radius 1 is 1.58 bits per heavy atom. The number of hydrazine groups is 1. The first-order valence-electron chi connectivity index (χ1n) is 3.15. The second-order valence-corrected chi connectivity index (χ2v) is 2.52. The highest BCUT2D eigenvalue weighted by Gasteiger charge is 2.10. The number of nitrogen functional groups attached to an aromatic ring is 1. The van der Waals surface area contributed by atoms with E-state index in [0.29, 0.717) is 0 Å². The zero-order valence-electron chi connectivity index (χ0n) is 6.04. The van der Waals surface area contributed by atoms with Gasteiger partial charge in [0.2, 0.25) is 0 Å². The summed E-state index contributed by atoms with van der Waals surface area (Å²) >= 11 is 5.67. The van der Waals surface area contributed by atoms with Crippen LogP contribution in [0, 0.1) is 0 Å². The number of aromatic carboxylic acids is 1.